The van der Waals surface area contributed by atoms with Crippen LogP contribution in [0.2, 0.25) is 0 Å². The highest BCUT2D eigenvalue weighted by atomic mass is 32.1. The van der Waals surface area contributed by atoms with Crippen molar-refractivity contribution in [3.63, 3.8) is 0 Å². The Hall–Kier alpha value is -1.52. The Balaban J connectivity index is 2.04. The quantitative estimate of drug-likeness (QED) is 0.853. The van der Waals surface area contributed by atoms with E-state index < -0.39 is 0 Å². The fourth-order valence-electron chi connectivity index (χ4n) is 2.73. The number of hydrogen-bond acceptors (Lipinski definition) is 4. The second kappa shape index (κ2) is 4.30. The maximum atomic E-state index is 9.58. The van der Waals surface area contributed by atoms with Crippen LogP contribution in [0, 0.1) is 0 Å². The lowest BCUT2D eigenvalue weighted by atomic mass is 10.0. The van der Waals surface area contributed by atoms with Gasteiger partial charge in [-0.15, -0.1) is 0 Å². The SMILES string of the molecule is CN1Cc2cc(O)ccc2N(C)C1c1ccsc1. The van der Waals surface area contributed by atoms with Crippen LogP contribution in [-0.4, -0.2) is 24.1 Å². The van der Waals surface area contributed by atoms with E-state index in [1.165, 1.54) is 16.8 Å². The van der Waals surface area contributed by atoms with Crippen LogP contribution in [0.4, 0.5) is 5.69 Å². The molecule has 3 nitrogen and oxygen atoms in total. The van der Waals surface area contributed by atoms with Crippen molar-refractivity contribution in [2.45, 2.75) is 12.7 Å². The first kappa shape index (κ1) is 11.6. The summed E-state index contributed by atoms with van der Waals surface area (Å²) >= 11 is 1.73. The first-order chi connectivity index (χ1) is 8.66. The summed E-state index contributed by atoms with van der Waals surface area (Å²) in [7, 11) is 4.22. The third-order valence-corrected chi connectivity index (χ3v) is 4.19. The Morgan fingerprint density at radius 1 is 1.28 bits per heavy atom. The van der Waals surface area contributed by atoms with Gasteiger partial charge in [0.2, 0.25) is 0 Å². The van der Waals surface area contributed by atoms with E-state index in [1.807, 2.05) is 12.1 Å². The molecule has 0 saturated heterocycles. The molecule has 0 bridgehead atoms. The number of phenols is 1. The molecule has 3 rings (SSSR count). The van der Waals surface area contributed by atoms with Crippen LogP contribution in [-0.2, 0) is 6.54 Å². The second-order valence-electron chi connectivity index (χ2n) is 4.77. The molecule has 1 aromatic heterocycles. The molecule has 0 radical (unpaired) electrons. The van der Waals surface area contributed by atoms with Gasteiger partial charge < -0.3 is 10.0 Å². The number of benzene rings is 1. The molecule has 94 valence electrons. The summed E-state index contributed by atoms with van der Waals surface area (Å²) < 4.78 is 0. The van der Waals surface area contributed by atoms with E-state index in [4.69, 9.17) is 0 Å². The van der Waals surface area contributed by atoms with Gasteiger partial charge in [-0.05, 0) is 53.2 Å². The fourth-order valence-corrected chi connectivity index (χ4v) is 3.40. The lowest BCUT2D eigenvalue weighted by Gasteiger charge is -2.42. The number of thiophene rings is 1. The summed E-state index contributed by atoms with van der Waals surface area (Å²) in [5.41, 5.74) is 3.69. The lowest BCUT2D eigenvalue weighted by Crippen LogP contribution is -2.41. The lowest BCUT2D eigenvalue weighted by molar-refractivity contribution is 0.221. The maximum Gasteiger partial charge on any atom is 0.116 e. The molecule has 1 atom stereocenters. The Morgan fingerprint density at radius 2 is 2.11 bits per heavy atom. The largest absolute Gasteiger partial charge is 0.508 e. The zero-order valence-corrected chi connectivity index (χ0v) is 11.3. The normalized spacial score (nSPS) is 19.9. The average molecular weight is 260 g/mol. The summed E-state index contributed by atoms with van der Waals surface area (Å²) in [6, 6.07) is 7.78. The van der Waals surface area contributed by atoms with Crippen LogP contribution in [0.15, 0.2) is 35.0 Å². The summed E-state index contributed by atoms with van der Waals surface area (Å²) in [5.74, 6) is 0.338. The molecule has 1 aromatic carbocycles. The highest BCUT2D eigenvalue weighted by Gasteiger charge is 2.29. The zero-order valence-electron chi connectivity index (χ0n) is 10.5. The Labute approximate surface area is 111 Å². The summed E-state index contributed by atoms with van der Waals surface area (Å²) in [4.78, 5) is 4.56. The van der Waals surface area contributed by atoms with E-state index in [0.29, 0.717) is 5.75 Å². The molecule has 2 heterocycles. The molecule has 0 amide bonds. The van der Waals surface area contributed by atoms with E-state index in [0.717, 1.165) is 6.54 Å². The van der Waals surface area contributed by atoms with Gasteiger partial charge in [-0.25, -0.2) is 0 Å². The van der Waals surface area contributed by atoms with Gasteiger partial charge in [0, 0.05) is 19.3 Å². The van der Waals surface area contributed by atoms with Crippen LogP contribution in [0.5, 0.6) is 5.75 Å². The highest BCUT2D eigenvalue weighted by Crippen LogP contribution is 2.38. The molecule has 0 spiro atoms. The molecular formula is C14H16N2OS. The van der Waals surface area contributed by atoms with Crippen molar-refractivity contribution in [1.29, 1.82) is 0 Å². The van der Waals surface area contributed by atoms with Crippen molar-refractivity contribution in [3.05, 3.63) is 46.2 Å². The number of anilines is 1. The number of nitrogens with zero attached hydrogens (tertiary/aromatic N) is 2. The van der Waals surface area contributed by atoms with Crippen molar-refractivity contribution in [2.24, 2.45) is 0 Å². The Bertz CT molecular complexity index is 553. The van der Waals surface area contributed by atoms with E-state index in [1.54, 1.807) is 17.4 Å². The standard InChI is InChI=1S/C14H16N2OS/c1-15-8-11-7-12(17)3-4-13(11)16(2)14(15)10-5-6-18-9-10/h3-7,9,14,17H,8H2,1-2H3. The highest BCUT2D eigenvalue weighted by molar-refractivity contribution is 7.08. The maximum absolute atomic E-state index is 9.58. The molecule has 0 saturated carbocycles. The molecule has 1 N–H and O–H groups in total. The van der Waals surface area contributed by atoms with Crippen molar-refractivity contribution in [2.75, 3.05) is 19.0 Å². The second-order valence-corrected chi connectivity index (χ2v) is 5.55. The van der Waals surface area contributed by atoms with Gasteiger partial charge >= 0.3 is 0 Å². The number of phenolic OH excluding ortho intramolecular Hbond substituents is 1. The number of rotatable bonds is 1. The van der Waals surface area contributed by atoms with E-state index in [9.17, 15) is 5.11 Å². The summed E-state index contributed by atoms with van der Waals surface area (Å²) in [5, 5.41) is 13.9. The van der Waals surface area contributed by atoms with Crippen LogP contribution in [0.1, 0.15) is 17.3 Å². The molecule has 4 heteroatoms. The van der Waals surface area contributed by atoms with Crippen LogP contribution < -0.4 is 4.90 Å². The molecule has 2 aromatic rings. The fraction of sp³-hybridized carbons (Fsp3) is 0.286. The van der Waals surface area contributed by atoms with Gasteiger partial charge in [0.25, 0.3) is 0 Å². The van der Waals surface area contributed by atoms with Crippen molar-refractivity contribution in [3.8, 4) is 5.75 Å². The van der Waals surface area contributed by atoms with E-state index >= 15 is 0 Å². The Morgan fingerprint density at radius 3 is 2.83 bits per heavy atom. The van der Waals surface area contributed by atoms with Gasteiger partial charge in [0.05, 0.1) is 0 Å². The average Bonchev–Trinajstić information content (AvgIpc) is 2.82. The van der Waals surface area contributed by atoms with Crippen LogP contribution in [0.3, 0.4) is 0 Å². The van der Waals surface area contributed by atoms with Crippen molar-refractivity contribution in [1.82, 2.24) is 4.90 Å². The molecule has 1 aliphatic rings. The van der Waals surface area contributed by atoms with E-state index in [-0.39, 0.29) is 6.17 Å². The van der Waals surface area contributed by atoms with Crippen LogP contribution >= 0.6 is 11.3 Å². The first-order valence-corrected chi connectivity index (χ1v) is 6.88. The van der Waals surface area contributed by atoms with Gasteiger partial charge in [-0.2, -0.15) is 11.3 Å². The molecule has 0 aliphatic carbocycles. The van der Waals surface area contributed by atoms with E-state index in [2.05, 4.69) is 40.7 Å². The van der Waals surface area contributed by atoms with Gasteiger partial charge in [-0.3, -0.25) is 4.90 Å². The minimum atomic E-state index is 0.272. The minimum absolute atomic E-state index is 0.272. The van der Waals surface area contributed by atoms with Gasteiger partial charge in [0.15, 0.2) is 0 Å². The number of aromatic hydroxyl groups is 1. The summed E-state index contributed by atoms with van der Waals surface area (Å²) in [6.45, 7) is 0.856. The molecule has 1 aliphatic heterocycles. The predicted octanol–water partition coefficient (Wildman–Crippen LogP) is 3.03. The smallest absolute Gasteiger partial charge is 0.116 e. The van der Waals surface area contributed by atoms with Crippen LogP contribution in [0.25, 0.3) is 0 Å². The monoisotopic (exact) mass is 260 g/mol. The molecule has 18 heavy (non-hydrogen) atoms. The van der Waals surface area contributed by atoms with Crippen molar-refractivity contribution >= 4 is 17.0 Å². The van der Waals surface area contributed by atoms with Gasteiger partial charge in [0.1, 0.15) is 11.9 Å². The molecule has 0 fully saturated rings. The number of hydrogen-bond donors (Lipinski definition) is 1. The van der Waals surface area contributed by atoms with Gasteiger partial charge in [-0.1, -0.05) is 0 Å². The van der Waals surface area contributed by atoms with Crippen molar-refractivity contribution < 1.29 is 5.11 Å². The third kappa shape index (κ3) is 1.78. The zero-order chi connectivity index (χ0) is 12.7. The molecule has 1 unspecified atom stereocenters. The molecular weight excluding hydrogens is 244 g/mol. The topological polar surface area (TPSA) is 26.7 Å². The minimum Gasteiger partial charge on any atom is -0.508 e. The number of fused-ring (bicyclic) bond motifs is 1. The third-order valence-electron chi connectivity index (χ3n) is 3.49. The predicted molar refractivity (Wildman–Crippen MR) is 75.0 cm³/mol. The Kier molecular flexibility index (Phi) is 2.76. The first-order valence-electron chi connectivity index (χ1n) is 5.94. The summed E-state index contributed by atoms with van der Waals surface area (Å²) in [6.07, 6.45) is 0.272.